The van der Waals surface area contributed by atoms with Crippen molar-refractivity contribution in [3.8, 4) is 5.69 Å². The molecule has 0 fully saturated rings. The molecular weight excluding hydrogens is 463 g/mol. The third kappa shape index (κ3) is 3.40. The van der Waals surface area contributed by atoms with Crippen LogP contribution in [0, 0.1) is 10.6 Å². The summed E-state index contributed by atoms with van der Waals surface area (Å²) in [6, 6.07) is 13.0. The Bertz CT molecular complexity index is 990. The lowest BCUT2D eigenvalue weighted by molar-refractivity contribution is 0.601. The summed E-state index contributed by atoms with van der Waals surface area (Å²) in [5.74, 6) is 0. The molecular formula is C15H12ClIN4O2S. The molecule has 0 saturated heterocycles. The summed E-state index contributed by atoms with van der Waals surface area (Å²) in [4.78, 5) is 0.177. The van der Waals surface area contributed by atoms with Crippen LogP contribution >= 0.6 is 34.2 Å². The Kier molecular flexibility index (Phi) is 4.79. The van der Waals surface area contributed by atoms with E-state index in [-0.39, 0.29) is 4.90 Å². The standard InChI is InChI=1S/C15H12ClIN4O2S/c1-10-15(17)18-20-21(10)14-9-11(16)7-8-13(14)19-24(22,23)12-5-3-2-4-6-12/h2-9,19H,1H3. The highest BCUT2D eigenvalue weighted by Gasteiger charge is 2.18. The molecule has 1 aromatic heterocycles. The lowest BCUT2D eigenvalue weighted by Crippen LogP contribution is -2.15. The topological polar surface area (TPSA) is 76.9 Å². The second kappa shape index (κ2) is 6.69. The third-order valence-electron chi connectivity index (χ3n) is 3.32. The van der Waals surface area contributed by atoms with Gasteiger partial charge in [-0.3, -0.25) is 4.72 Å². The fourth-order valence-electron chi connectivity index (χ4n) is 2.11. The molecule has 0 bridgehead atoms. The van der Waals surface area contributed by atoms with Crippen LogP contribution in [0.1, 0.15) is 5.69 Å². The van der Waals surface area contributed by atoms with Gasteiger partial charge in [0.05, 0.1) is 22.0 Å². The minimum Gasteiger partial charge on any atom is -0.277 e. The number of nitrogens with zero attached hydrogens (tertiary/aromatic N) is 3. The first-order valence-electron chi connectivity index (χ1n) is 6.84. The average molecular weight is 475 g/mol. The number of anilines is 1. The zero-order chi connectivity index (χ0) is 17.3. The van der Waals surface area contributed by atoms with Gasteiger partial charge in [-0.2, -0.15) is 0 Å². The van der Waals surface area contributed by atoms with Crippen molar-refractivity contribution in [2.75, 3.05) is 4.72 Å². The van der Waals surface area contributed by atoms with Gasteiger partial charge in [-0.15, -0.1) is 5.10 Å². The molecule has 0 aliphatic rings. The van der Waals surface area contributed by atoms with E-state index in [9.17, 15) is 8.42 Å². The van der Waals surface area contributed by atoms with Crippen LogP contribution in [0.25, 0.3) is 5.69 Å². The summed E-state index contributed by atoms with van der Waals surface area (Å²) >= 11 is 8.14. The van der Waals surface area contributed by atoms with Gasteiger partial charge in [-0.1, -0.05) is 35.0 Å². The number of nitrogens with one attached hydrogen (secondary N) is 1. The van der Waals surface area contributed by atoms with Crippen molar-refractivity contribution < 1.29 is 8.42 Å². The van der Waals surface area contributed by atoms with Gasteiger partial charge in [0.1, 0.15) is 3.70 Å². The molecule has 2 aromatic carbocycles. The van der Waals surface area contributed by atoms with Crippen LogP contribution in [0.5, 0.6) is 0 Å². The molecule has 0 aliphatic heterocycles. The summed E-state index contributed by atoms with van der Waals surface area (Å²) in [6.07, 6.45) is 0. The van der Waals surface area contributed by atoms with Gasteiger partial charge in [-0.25, -0.2) is 13.1 Å². The van der Waals surface area contributed by atoms with E-state index in [0.717, 1.165) is 9.39 Å². The molecule has 0 unspecified atom stereocenters. The van der Waals surface area contributed by atoms with E-state index >= 15 is 0 Å². The van der Waals surface area contributed by atoms with E-state index < -0.39 is 10.0 Å². The highest BCUT2D eigenvalue weighted by atomic mass is 127. The summed E-state index contributed by atoms with van der Waals surface area (Å²) in [5.41, 5.74) is 1.67. The van der Waals surface area contributed by atoms with Gasteiger partial charge in [0, 0.05) is 5.02 Å². The van der Waals surface area contributed by atoms with Crippen molar-refractivity contribution in [3.05, 3.63) is 62.9 Å². The Morgan fingerprint density at radius 2 is 1.88 bits per heavy atom. The first kappa shape index (κ1) is 17.2. The second-order valence-electron chi connectivity index (χ2n) is 4.96. The van der Waals surface area contributed by atoms with Crippen LogP contribution in [0.15, 0.2) is 53.4 Å². The number of sulfonamides is 1. The number of halogens is 2. The second-order valence-corrected chi connectivity index (χ2v) is 8.10. The first-order chi connectivity index (χ1) is 11.4. The SMILES string of the molecule is Cc1c(I)nnn1-c1cc(Cl)ccc1NS(=O)(=O)c1ccccc1. The number of hydrogen-bond acceptors (Lipinski definition) is 4. The van der Waals surface area contributed by atoms with Crippen molar-refractivity contribution in [1.29, 1.82) is 0 Å². The maximum absolute atomic E-state index is 12.6. The highest BCUT2D eigenvalue weighted by Crippen LogP contribution is 2.28. The Morgan fingerprint density at radius 3 is 2.50 bits per heavy atom. The summed E-state index contributed by atoms with van der Waals surface area (Å²) in [7, 11) is -3.72. The molecule has 9 heteroatoms. The lowest BCUT2D eigenvalue weighted by atomic mass is 10.2. The number of hydrogen-bond donors (Lipinski definition) is 1. The van der Waals surface area contributed by atoms with Gasteiger partial charge in [0.25, 0.3) is 10.0 Å². The largest absolute Gasteiger partial charge is 0.277 e. The minimum atomic E-state index is -3.72. The number of aromatic nitrogens is 3. The normalized spacial score (nSPS) is 11.5. The molecule has 0 saturated carbocycles. The van der Waals surface area contributed by atoms with E-state index in [0.29, 0.717) is 16.4 Å². The van der Waals surface area contributed by atoms with Gasteiger partial charge in [0.15, 0.2) is 0 Å². The third-order valence-corrected chi connectivity index (χ3v) is 5.94. The molecule has 0 aliphatic carbocycles. The molecule has 1 heterocycles. The number of benzene rings is 2. The molecule has 0 spiro atoms. The summed E-state index contributed by atoms with van der Waals surface area (Å²) in [5, 5.41) is 8.52. The van der Waals surface area contributed by atoms with Crippen LogP contribution < -0.4 is 4.72 Å². The van der Waals surface area contributed by atoms with E-state index in [2.05, 4.69) is 37.6 Å². The van der Waals surface area contributed by atoms with Crippen molar-refractivity contribution >= 4 is 49.9 Å². The van der Waals surface area contributed by atoms with Crippen molar-refractivity contribution in [3.63, 3.8) is 0 Å². The Balaban J connectivity index is 2.08. The molecule has 1 N–H and O–H groups in total. The van der Waals surface area contributed by atoms with Crippen LogP contribution in [-0.2, 0) is 10.0 Å². The maximum Gasteiger partial charge on any atom is 0.261 e. The zero-order valence-electron chi connectivity index (χ0n) is 12.4. The van der Waals surface area contributed by atoms with E-state index in [1.165, 1.54) is 12.1 Å². The Labute approximate surface area is 158 Å². The first-order valence-corrected chi connectivity index (χ1v) is 9.78. The Morgan fingerprint density at radius 1 is 1.17 bits per heavy atom. The lowest BCUT2D eigenvalue weighted by Gasteiger charge is -2.13. The molecule has 0 atom stereocenters. The molecule has 124 valence electrons. The van der Waals surface area contributed by atoms with Gasteiger partial charge in [-0.05, 0) is 59.8 Å². The minimum absolute atomic E-state index is 0.177. The number of rotatable bonds is 4. The molecule has 24 heavy (non-hydrogen) atoms. The molecule has 0 radical (unpaired) electrons. The van der Waals surface area contributed by atoms with E-state index in [4.69, 9.17) is 11.6 Å². The van der Waals surface area contributed by atoms with E-state index in [1.54, 1.807) is 41.1 Å². The Hall–Kier alpha value is -1.65. The van der Waals surface area contributed by atoms with Crippen molar-refractivity contribution in [1.82, 2.24) is 15.0 Å². The fraction of sp³-hybridized carbons (Fsp3) is 0.0667. The van der Waals surface area contributed by atoms with Gasteiger partial charge < -0.3 is 0 Å². The molecule has 0 amide bonds. The molecule has 3 rings (SSSR count). The van der Waals surface area contributed by atoms with E-state index in [1.807, 2.05) is 6.92 Å². The van der Waals surface area contributed by atoms with Crippen molar-refractivity contribution in [2.24, 2.45) is 0 Å². The zero-order valence-corrected chi connectivity index (χ0v) is 16.2. The van der Waals surface area contributed by atoms with Crippen LogP contribution in [0.2, 0.25) is 5.02 Å². The van der Waals surface area contributed by atoms with Crippen LogP contribution in [0.3, 0.4) is 0 Å². The summed E-state index contributed by atoms with van der Waals surface area (Å²) < 4.78 is 30.0. The fourth-order valence-corrected chi connectivity index (χ4v) is 3.70. The van der Waals surface area contributed by atoms with Crippen molar-refractivity contribution in [2.45, 2.75) is 11.8 Å². The predicted molar refractivity (Wildman–Crippen MR) is 101 cm³/mol. The highest BCUT2D eigenvalue weighted by molar-refractivity contribution is 14.1. The predicted octanol–water partition coefficient (Wildman–Crippen LogP) is 3.63. The summed E-state index contributed by atoms with van der Waals surface area (Å²) in [6.45, 7) is 1.85. The average Bonchev–Trinajstić information content (AvgIpc) is 2.89. The van der Waals surface area contributed by atoms with Gasteiger partial charge in [0.2, 0.25) is 0 Å². The molecule has 3 aromatic rings. The maximum atomic E-state index is 12.6. The quantitative estimate of drug-likeness (QED) is 0.586. The van der Waals surface area contributed by atoms with Gasteiger partial charge >= 0.3 is 0 Å². The monoisotopic (exact) mass is 474 g/mol. The molecule has 6 nitrogen and oxygen atoms in total. The van der Waals surface area contributed by atoms with Crippen LogP contribution in [0.4, 0.5) is 5.69 Å². The van der Waals surface area contributed by atoms with Crippen LogP contribution in [-0.4, -0.2) is 23.4 Å². The smallest absolute Gasteiger partial charge is 0.261 e.